The second-order valence-electron chi connectivity index (χ2n) is 15.5. The summed E-state index contributed by atoms with van der Waals surface area (Å²) in [5.41, 5.74) is 1.54. The highest BCUT2D eigenvalue weighted by Gasteiger charge is 2.61. The van der Waals surface area contributed by atoms with Crippen LogP contribution in [0.2, 0.25) is 0 Å². The van der Waals surface area contributed by atoms with Gasteiger partial charge in [0.2, 0.25) is 5.91 Å². The van der Waals surface area contributed by atoms with E-state index in [1.807, 2.05) is 6.07 Å². The van der Waals surface area contributed by atoms with Gasteiger partial charge in [0.05, 0.1) is 6.61 Å². The second-order valence-corrected chi connectivity index (χ2v) is 16.1. The van der Waals surface area contributed by atoms with Gasteiger partial charge < -0.3 is 15.4 Å². The van der Waals surface area contributed by atoms with Gasteiger partial charge in [0, 0.05) is 35.3 Å². The third-order valence-corrected chi connectivity index (χ3v) is 10.9. The van der Waals surface area contributed by atoms with Crippen molar-refractivity contribution in [3.05, 3.63) is 90.0 Å². The van der Waals surface area contributed by atoms with Gasteiger partial charge in [0.1, 0.15) is 12.3 Å². The van der Waals surface area contributed by atoms with E-state index in [1.165, 1.54) is 19.4 Å². The minimum Gasteiger partial charge on any atom is -0.493 e. The average molecular weight is 745 g/mol. The largest absolute Gasteiger partial charge is 0.493 e. The Balaban J connectivity index is 1.46. The number of Topliss-reactive ketones (excluding diaryl/α,β-unsaturated/α-hetero) is 1. The molecule has 3 aromatic rings. The number of hydrogen-bond acceptors (Lipinski definition) is 6. The summed E-state index contributed by atoms with van der Waals surface area (Å²) in [5, 5.41) is 5.37. The summed E-state index contributed by atoms with van der Waals surface area (Å²) >= 11 is 6.96. The predicted molar refractivity (Wildman–Crippen MR) is 209 cm³/mol. The Kier molecular flexibility index (Phi) is 12.8. The Hall–Kier alpha value is -4.70. The van der Waals surface area contributed by atoms with Gasteiger partial charge in [-0.3, -0.25) is 24.1 Å². The van der Waals surface area contributed by atoms with Crippen LogP contribution >= 0.6 is 11.6 Å². The Bertz CT molecular complexity index is 1810. The smallest absolute Gasteiger partial charge is 0.334 e. The fourth-order valence-electron chi connectivity index (χ4n) is 6.01. The van der Waals surface area contributed by atoms with Crippen molar-refractivity contribution in [2.24, 2.45) is 5.41 Å². The Morgan fingerprint density at radius 3 is 2.04 bits per heavy atom. The number of rotatable bonds is 17. The van der Waals surface area contributed by atoms with Gasteiger partial charge >= 0.3 is 6.03 Å². The molecule has 5 amide bonds. The highest BCUT2D eigenvalue weighted by Crippen LogP contribution is 2.39. The fraction of sp³-hybridized carbons (Fsp3) is 0.452. The maximum absolute atomic E-state index is 14.4. The number of alkyl halides is 1. The molecule has 1 aliphatic rings. The molecule has 0 aromatic heterocycles. The van der Waals surface area contributed by atoms with Gasteiger partial charge in [-0.2, -0.15) is 0 Å². The molecule has 1 saturated heterocycles. The van der Waals surface area contributed by atoms with Crippen molar-refractivity contribution in [2.75, 3.05) is 29.9 Å². The van der Waals surface area contributed by atoms with Crippen LogP contribution in [0.1, 0.15) is 92.2 Å². The zero-order valence-electron chi connectivity index (χ0n) is 32.2. The van der Waals surface area contributed by atoms with Crippen molar-refractivity contribution in [3.8, 4) is 5.75 Å². The van der Waals surface area contributed by atoms with Crippen LogP contribution in [0.15, 0.2) is 78.9 Å². The lowest BCUT2D eigenvalue weighted by Gasteiger charge is -2.37. The van der Waals surface area contributed by atoms with Crippen molar-refractivity contribution >= 4 is 52.5 Å². The van der Waals surface area contributed by atoms with E-state index in [1.54, 1.807) is 60.7 Å². The molecule has 1 heterocycles. The summed E-state index contributed by atoms with van der Waals surface area (Å²) in [6, 6.07) is 22.2. The van der Waals surface area contributed by atoms with Crippen molar-refractivity contribution in [2.45, 2.75) is 96.9 Å². The lowest BCUT2D eigenvalue weighted by atomic mass is 9.76. The normalized spacial score (nSPS) is 14.9. The molecular formula is C42H53ClN4O6. The minimum atomic E-state index is -2.76. The van der Waals surface area contributed by atoms with Gasteiger partial charge in [0.25, 0.3) is 16.8 Å². The first-order valence-electron chi connectivity index (χ1n) is 18.2. The van der Waals surface area contributed by atoms with E-state index < -0.39 is 40.6 Å². The number of imide groups is 1. The minimum absolute atomic E-state index is 0.0290. The van der Waals surface area contributed by atoms with E-state index in [4.69, 9.17) is 16.3 Å². The number of carbonyl (C=O) groups excluding carboxylic acids is 5. The lowest BCUT2D eigenvalue weighted by Crippen LogP contribution is -2.64. The number of anilines is 2. The van der Waals surface area contributed by atoms with Gasteiger partial charge in [-0.1, -0.05) is 116 Å². The number of amides is 5. The third-order valence-electron chi connectivity index (χ3n) is 10.4. The van der Waals surface area contributed by atoms with E-state index in [0.29, 0.717) is 29.3 Å². The monoisotopic (exact) mass is 744 g/mol. The Morgan fingerprint density at radius 2 is 1.43 bits per heavy atom. The van der Waals surface area contributed by atoms with Gasteiger partial charge in [-0.25, -0.2) is 9.69 Å². The number of ketones is 1. The quantitative estimate of drug-likeness (QED) is 0.0475. The molecule has 0 bridgehead atoms. The van der Waals surface area contributed by atoms with Crippen LogP contribution < -0.4 is 20.3 Å². The zero-order valence-corrected chi connectivity index (χ0v) is 32.9. The molecule has 1 aliphatic heterocycles. The number of halogens is 1. The summed E-state index contributed by atoms with van der Waals surface area (Å²) in [7, 11) is 0. The number of benzene rings is 3. The van der Waals surface area contributed by atoms with Gasteiger partial charge in [0.15, 0.2) is 5.78 Å². The van der Waals surface area contributed by atoms with Crippen LogP contribution in [-0.2, 0) is 30.0 Å². The molecule has 1 atom stereocenters. The van der Waals surface area contributed by atoms with E-state index >= 15 is 0 Å². The molecule has 3 aromatic carbocycles. The molecule has 2 N–H and O–H groups in total. The number of carbonyl (C=O) groups is 5. The summed E-state index contributed by atoms with van der Waals surface area (Å²) < 4.78 is 6.23. The first-order valence-corrected chi connectivity index (χ1v) is 18.6. The highest BCUT2D eigenvalue weighted by atomic mass is 35.5. The number of ether oxygens (including phenoxy) is 1. The van der Waals surface area contributed by atoms with E-state index in [9.17, 15) is 24.0 Å². The molecule has 11 heteroatoms. The van der Waals surface area contributed by atoms with Crippen LogP contribution in [0.4, 0.5) is 16.2 Å². The molecule has 4 rings (SSSR count). The summed E-state index contributed by atoms with van der Waals surface area (Å²) in [4.78, 5) is 67.5. The number of urea groups is 1. The lowest BCUT2D eigenvalue weighted by molar-refractivity contribution is -0.146. The SMILES string of the molecule is CCC(C)(C)c1ccc(OCCCC(=O)NCC(C)(C)C(=O)C(Cl)(C(=O)Nc2ccccc2)N2C(=O)CN(c3ccccc3)C2=O)c(C(C)(C)CC)c1. The first-order chi connectivity index (χ1) is 24.9. The predicted octanol–water partition coefficient (Wildman–Crippen LogP) is 7.97. The fourth-order valence-corrected chi connectivity index (χ4v) is 6.48. The van der Waals surface area contributed by atoms with E-state index in [2.05, 4.69) is 64.3 Å². The molecule has 284 valence electrons. The molecule has 10 nitrogen and oxygen atoms in total. The van der Waals surface area contributed by atoms with Crippen molar-refractivity contribution in [3.63, 3.8) is 0 Å². The molecule has 0 radical (unpaired) electrons. The Morgan fingerprint density at radius 1 is 0.830 bits per heavy atom. The highest BCUT2D eigenvalue weighted by molar-refractivity contribution is 6.50. The molecule has 1 fully saturated rings. The van der Waals surface area contributed by atoms with Crippen molar-refractivity contribution in [1.29, 1.82) is 0 Å². The van der Waals surface area contributed by atoms with E-state index in [-0.39, 0.29) is 29.7 Å². The van der Waals surface area contributed by atoms with Crippen LogP contribution in [0, 0.1) is 5.41 Å². The number of nitrogens with one attached hydrogen (secondary N) is 2. The topological polar surface area (TPSA) is 125 Å². The molecule has 53 heavy (non-hydrogen) atoms. The molecule has 1 unspecified atom stereocenters. The van der Waals surface area contributed by atoms with Crippen LogP contribution in [0.25, 0.3) is 0 Å². The summed E-state index contributed by atoms with van der Waals surface area (Å²) in [5.74, 6) is -2.36. The maximum atomic E-state index is 14.4. The molecule has 0 spiro atoms. The second kappa shape index (κ2) is 16.5. The third kappa shape index (κ3) is 9.10. The Labute approximate surface area is 318 Å². The molecular weight excluding hydrogens is 692 g/mol. The summed E-state index contributed by atoms with van der Waals surface area (Å²) in [6.45, 7) is 15.9. The van der Waals surface area contributed by atoms with Crippen LogP contribution in [-0.4, -0.2) is 59.1 Å². The van der Waals surface area contributed by atoms with Crippen LogP contribution in [0.3, 0.4) is 0 Å². The number of nitrogens with zero attached hydrogens (tertiary/aromatic N) is 2. The maximum Gasteiger partial charge on any atom is 0.334 e. The van der Waals surface area contributed by atoms with Crippen molar-refractivity contribution < 1.29 is 28.7 Å². The molecule has 0 saturated carbocycles. The zero-order chi connectivity index (χ0) is 39.2. The first kappa shape index (κ1) is 41.1. The number of hydrogen-bond donors (Lipinski definition) is 2. The van der Waals surface area contributed by atoms with Gasteiger partial charge in [-0.05, 0) is 66.0 Å². The standard InChI is InChI=1S/C42H53ClN4O6/c1-9-39(3,4)29-23-24-33(32(26-29)40(5,6)10-2)53-25-17-22-34(48)44-28-41(7,8)36(50)42(43,37(51)45-30-18-13-11-14-19-30)47-35(49)27-46(38(47)52)31-20-15-12-16-21-31/h11-16,18-21,23-24,26H,9-10,17,22,25,27-28H2,1-8H3,(H,44,48)(H,45,51). The van der Waals surface area contributed by atoms with Crippen LogP contribution in [0.5, 0.6) is 5.75 Å². The average Bonchev–Trinajstić information content (AvgIpc) is 3.45. The van der Waals surface area contributed by atoms with Gasteiger partial charge in [-0.15, -0.1) is 0 Å². The van der Waals surface area contributed by atoms with Crippen molar-refractivity contribution in [1.82, 2.24) is 10.2 Å². The molecule has 0 aliphatic carbocycles. The summed E-state index contributed by atoms with van der Waals surface area (Å²) in [6.07, 6.45) is 2.47. The number of para-hydroxylation sites is 2. The van der Waals surface area contributed by atoms with E-state index in [0.717, 1.165) is 29.1 Å².